The fourth-order valence-electron chi connectivity index (χ4n) is 4.40. The smallest absolute Gasteiger partial charge is 0.268 e. The molecule has 0 saturated carbocycles. The van der Waals surface area contributed by atoms with Crippen molar-refractivity contribution in [3.63, 3.8) is 0 Å². The van der Waals surface area contributed by atoms with Crippen LogP contribution in [-0.4, -0.2) is 55.5 Å². The summed E-state index contributed by atoms with van der Waals surface area (Å²) >= 11 is 0. The topological polar surface area (TPSA) is 61.9 Å². The maximum absolute atomic E-state index is 12.7. The number of para-hydroxylation sites is 2. The van der Waals surface area contributed by atoms with Crippen LogP contribution < -0.4 is 15.0 Å². The highest BCUT2D eigenvalue weighted by Crippen LogP contribution is 2.34. The number of nitrogens with zero attached hydrogens (tertiary/aromatic N) is 2. The molecule has 0 spiro atoms. The van der Waals surface area contributed by atoms with Crippen molar-refractivity contribution in [2.45, 2.75) is 46.1 Å². The van der Waals surface area contributed by atoms with Crippen molar-refractivity contribution in [1.29, 1.82) is 0 Å². The van der Waals surface area contributed by atoms with E-state index in [4.69, 9.17) is 4.74 Å². The van der Waals surface area contributed by atoms with E-state index < -0.39 is 6.10 Å². The van der Waals surface area contributed by atoms with E-state index in [0.717, 1.165) is 37.9 Å². The molecule has 1 aromatic rings. The Kier molecular flexibility index (Phi) is 6.94. The number of likely N-dealkylation sites (tertiary alicyclic amines) is 1. The Labute approximate surface area is 168 Å². The number of hydrogen-bond acceptors (Lipinski definition) is 4. The second kappa shape index (κ2) is 9.41. The molecule has 28 heavy (non-hydrogen) atoms. The monoisotopic (exact) mass is 387 g/mol. The van der Waals surface area contributed by atoms with Gasteiger partial charge in [0.05, 0.1) is 5.69 Å². The lowest BCUT2D eigenvalue weighted by Gasteiger charge is -2.35. The minimum Gasteiger partial charge on any atom is -0.478 e. The van der Waals surface area contributed by atoms with Crippen LogP contribution in [0.2, 0.25) is 0 Å². The summed E-state index contributed by atoms with van der Waals surface area (Å²) in [5, 5.41) is 2.98. The van der Waals surface area contributed by atoms with Crippen LogP contribution in [0.4, 0.5) is 5.69 Å². The molecule has 0 radical (unpaired) electrons. The molecular formula is C22H33N3O3. The zero-order chi connectivity index (χ0) is 20.1. The van der Waals surface area contributed by atoms with Crippen LogP contribution in [0.1, 0.15) is 40.0 Å². The number of carbonyl (C=O) groups excluding carboxylic acids is 2. The maximum atomic E-state index is 12.7. The summed E-state index contributed by atoms with van der Waals surface area (Å²) in [5.74, 6) is 1.89. The number of nitrogens with one attached hydrogen (secondary N) is 1. The quantitative estimate of drug-likeness (QED) is 0.731. The van der Waals surface area contributed by atoms with Gasteiger partial charge in [0.25, 0.3) is 5.91 Å². The fraction of sp³-hybridized carbons (Fsp3) is 0.636. The van der Waals surface area contributed by atoms with Crippen LogP contribution >= 0.6 is 0 Å². The minimum atomic E-state index is -0.522. The van der Waals surface area contributed by atoms with Gasteiger partial charge in [-0.25, -0.2) is 0 Å². The van der Waals surface area contributed by atoms with Gasteiger partial charge in [0.1, 0.15) is 12.3 Å². The second-order valence-electron chi connectivity index (χ2n) is 8.32. The maximum Gasteiger partial charge on any atom is 0.268 e. The van der Waals surface area contributed by atoms with E-state index in [9.17, 15) is 9.59 Å². The molecule has 6 nitrogen and oxygen atoms in total. The first-order chi connectivity index (χ1) is 13.5. The van der Waals surface area contributed by atoms with Crippen LogP contribution in [-0.2, 0) is 9.59 Å². The Balaban J connectivity index is 1.48. The molecule has 154 valence electrons. The Morgan fingerprint density at radius 1 is 1.21 bits per heavy atom. The standard InChI is InChI=1S/C22H33N3O3/c1-4-19-22(27)25(18-8-5-6-9-20(18)28-19)15-21(26)23-10-7-11-24-13-16(2)12-17(3)14-24/h5-6,8-9,16-17,19H,4,7,10-15H2,1-3H3,(H,23,26)/t16-,17-,19+/m1/s1. The van der Waals surface area contributed by atoms with Crippen molar-refractivity contribution in [3.05, 3.63) is 24.3 Å². The van der Waals surface area contributed by atoms with Crippen LogP contribution in [0.15, 0.2) is 24.3 Å². The summed E-state index contributed by atoms with van der Waals surface area (Å²) in [5.41, 5.74) is 0.670. The molecule has 6 heteroatoms. The third-order valence-corrected chi connectivity index (χ3v) is 5.56. The van der Waals surface area contributed by atoms with Gasteiger partial charge in [-0.15, -0.1) is 0 Å². The molecule has 1 saturated heterocycles. The number of carbonyl (C=O) groups is 2. The number of piperidine rings is 1. The number of amides is 2. The number of rotatable bonds is 7. The van der Waals surface area contributed by atoms with Crippen molar-refractivity contribution in [2.75, 3.05) is 37.6 Å². The lowest BCUT2D eigenvalue weighted by Crippen LogP contribution is -2.49. The van der Waals surface area contributed by atoms with E-state index in [1.165, 1.54) is 6.42 Å². The summed E-state index contributed by atoms with van der Waals surface area (Å²) in [4.78, 5) is 29.2. The first-order valence-electron chi connectivity index (χ1n) is 10.5. The van der Waals surface area contributed by atoms with Gasteiger partial charge in [0.15, 0.2) is 6.10 Å². The van der Waals surface area contributed by atoms with E-state index in [1.807, 2.05) is 31.2 Å². The Morgan fingerprint density at radius 2 is 1.93 bits per heavy atom. The van der Waals surface area contributed by atoms with Crippen molar-refractivity contribution in [2.24, 2.45) is 11.8 Å². The largest absolute Gasteiger partial charge is 0.478 e. The predicted molar refractivity (Wildman–Crippen MR) is 111 cm³/mol. The SMILES string of the molecule is CC[C@@H]1Oc2ccccc2N(CC(=O)NCCCN2C[C@H](C)C[C@@H](C)C2)C1=O. The molecular weight excluding hydrogens is 354 g/mol. The highest BCUT2D eigenvalue weighted by atomic mass is 16.5. The molecule has 0 aromatic heterocycles. The van der Waals surface area contributed by atoms with Gasteiger partial charge in [0, 0.05) is 19.6 Å². The van der Waals surface area contributed by atoms with Gasteiger partial charge in [0.2, 0.25) is 5.91 Å². The zero-order valence-corrected chi connectivity index (χ0v) is 17.3. The van der Waals surface area contributed by atoms with Gasteiger partial charge in [-0.3, -0.25) is 14.5 Å². The number of benzene rings is 1. The Bertz CT molecular complexity index is 683. The first kappa shape index (κ1) is 20.6. The molecule has 0 aliphatic carbocycles. The highest BCUT2D eigenvalue weighted by molar-refractivity contribution is 6.03. The van der Waals surface area contributed by atoms with Crippen molar-refractivity contribution < 1.29 is 14.3 Å². The van der Waals surface area contributed by atoms with E-state index in [0.29, 0.717) is 24.4 Å². The van der Waals surface area contributed by atoms with Crippen LogP contribution in [0.5, 0.6) is 5.75 Å². The van der Waals surface area contributed by atoms with E-state index in [-0.39, 0.29) is 18.4 Å². The predicted octanol–water partition coefficient (Wildman–Crippen LogP) is 2.67. The molecule has 1 aromatic carbocycles. The Hall–Kier alpha value is -2.08. The summed E-state index contributed by atoms with van der Waals surface area (Å²) < 4.78 is 5.76. The Morgan fingerprint density at radius 3 is 2.64 bits per heavy atom. The zero-order valence-electron chi connectivity index (χ0n) is 17.3. The molecule has 3 rings (SSSR count). The number of anilines is 1. The van der Waals surface area contributed by atoms with Crippen molar-refractivity contribution in [3.8, 4) is 5.75 Å². The van der Waals surface area contributed by atoms with Crippen LogP contribution in [0, 0.1) is 11.8 Å². The van der Waals surface area contributed by atoms with Crippen molar-refractivity contribution in [1.82, 2.24) is 10.2 Å². The molecule has 0 bridgehead atoms. The highest BCUT2D eigenvalue weighted by Gasteiger charge is 2.34. The number of ether oxygens (including phenoxy) is 1. The van der Waals surface area contributed by atoms with Crippen LogP contribution in [0.25, 0.3) is 0 Å². The molecule has 0 unspecified atom stereocenters. The van der Waals surface area contributed by atoms with E-state index >= 15 is 0 Å². The fourth-order valence-corrected chi connectivity index (χ4v) is 4.40. The third-order valence-electron chi connectivity index (χ3n) is 5.56. The number of fused-ring (bicyclic) bond motifs is 1. The molecule has 1 N–H and O–H groups in total. The average Bonchev–Trinajstić information content (AvgIpc) is 2.66. The van der Waals surface area contributed by atoms with Gasteiger partial charge in [-0.1, -0.05) is 32.9 Å². The van der Waals surface area contributed by atoms with E-state index in [2.05, 4.69) is 24.1 Å². The molecule has 2 aliphatic heterocycles. The second-order valence-corrected chi connectivity index (χ2v) is 8.32. The van der Waals surface area contributed by atoms with Gasteiger partial charge in [-0.05, 0) is 49.8 Å². The normalized spacial score (nSPS) is 25.2. The molecule has 2 heterocycles. The van der Waals surface area contributed by atoms with Crippen LogP contribution in [0.3, 0.4) is 0 Å². The summed E-state index contributed by atoms with van der Waals surface area (Å²) in [7, 11) is 0. The third kappa shape index (κ3) is 5.04. The molecule has 2 amide bonds. The van der Waals surface area contributed by atoms with Crippen molar-refractivity contribution >= 4 is 17.5 Å². The minimum absolute atomic E-state index is 0.0352. The average molecular weight is 388 g/mol. The molecule has 2 aliphatic rings. The summed E-state index contributed by atoms with van der Waals surface area (Å²) in [6, 6.07) is 7.40. The number of hydrogen-bond donors (Lipinski definition) is 1. The lowest BCUT2D eigenvalue weighted by atomic mass is 9.92. The molecule has 3 atom stereocenters. The first-order valence-corrected chi connectivity index (χ1v) is 10.5. The van der Waals surface area contributed by atoms with Gasteiger partial charge < -0.3 is 15.0 Å². The summed E-state index contributed by atoms with van der Waals surface area (Å²) in [6.07, 6.45) is 2.29. The van der Waals surface area contributed by atoms with Gasteiger partial charge >= 0.3 is 0 Å². The summed E-state index contributed by atoms with van der Waals surface area (Å²) in [6.45, 7) is 10.5. The molecule has 1 fully saturated rings. The lowest BCUT2D eigenvalue weighted by molar-refractivity contribution is -0.129. The van der Waals surface area contributed by atoms with Gasteiger partial charge in [-0.2, -0.15) is 0 Å². The van der Waals surface area contributed by atoms with E-state index in [1.54, 1.807) is 4.90 Å².